The maximum Gasteiger partial charge on any atom is 0.294 e. The molecule has 44 heavy (non-hydrogen) atoms. The predicted octanol–water partition coefficient (Wildman–Crippen LogP) is 3.44. The van der Waals surface area contributed by atoms with Crippen LogP contribution in [0.25, 0.3) is 11.8 Å². The highest BCUT2D eigenvalue weighted by atomic mass is 32.2. The van der Waals surface area contributed by atoms with Crippen molar-refractivity contribution in [2.75, 3.05) is 11.6 Å². The van der Waals surface area contributed by atoms with Crippen molar-refractivity contribution in [3.05, 3.63) is 100 Å². The van der Waals surface area contributed by atoms with Crippen molar-refractivity contribution in [1.29, 1.82) is 0 Å². The van der Waals surface area contributed by atoms with Crippen LogP contribution in [0.4, 0.5) is 5.69 Å². The average molecular weight is 645 g/mol. The molecule has 0 radical (unpaired) electrons. The van der Waals surface area contributed by atoms with Crippen LogP contribution < -0.4 is 10.6 Å². The molecule has 1 aliphatic rings. The number of rotatable bonds is 12. The van der Waals surface area contributed by atoms with E-state index in [4.69, 9.17) is 9.78 Å². The Balaban J connectivity index is 1.56. The number of aromatic nitrogens is 2. The Morgan fingerprint density at radius 3 is 1.98 bits per heavy atom. The van der Waals surface area contributed by atoms with E-state index in [0.717, 1.165) is 17.1 Å². The Labute approximate surface area is 252 Å². The lowest BCUT2D eigenvalue weighted by atomic mass is 10.1. The van der Waals surface area contributed by atoms with E-state index in [0.29, 0.717) is 34.8 Å². The van der Waals surface area contributed by atoms with E-state index in [2.05, 4.69) is 10.2 Å². The summed E-state index contributed by atoms with van der Waals surface area (Å²) in [7, 11) is -8.79. The molecule has 4 rings (SSSR count). The van der Waals surface area contributed by atoms with Gasteiger partial charge in [-0.15, -0.1) is 0 Å². The molecule has 0 spiro atoms. The first-order valence-corrected chi connectivity index (χ1v) is 15.9. The summed E-state index contributed by atoms with van der Waals surface area (Å²) in [5.41, 5.74) is 1.58. The lowest BCUT2D eigenvalue weighted by Crippen LogP contribution is -2.21. The Morgan fingerprint density at radius 2 is 1.43 bits per heavy atom. The maximum absolute atomic E-state index is 13.2. The van der Waals surface area contributed by atoms with Gasteiger partial charge in [0.05, 0.1) is 50.3 Å². The minimum atomic E-state index is -4.40. The average Bonchev–Trinajstić information content (AvgIpc) is 3.47. The van der Waals surface area contributed by atoms with Crippen LogP contribution in [0.1, 0.15) is 31.5 Å². The third-order valence-electron chi connectivity index (χ3n) is 6.22. The SMILES string of the molecule is CCOOCc1[nH]n(-c2ccc(S(=O)(=O)O)cc2)c(=O)c1/C=C/C=C/C=C1/C(=O)N(c2ccc(S(=O)(=O)O)cc2)N=C1CC. The number of anilines is 1. The van der Waals surface area contributed by atoms with Crippen LogP contribution in [0, 0.1) is 0 Å². The molecule has 2 heterocycles. The standard InChI is InChI=1S/C28H28N4O10S2/c1-3-25-23(27(33)31(29-25)19-10-14-21(15-11-19)43(35,36)37)8-6-5-7-9-24-26(18-42-41-4-2)30-32(28(24)34)20-12-16-22(17-13-20)44(38,39)40/h5-17,30H,3-4,18H2,1-2H3,(H,35,36,37)(H,38,39,40)/b6-5+,9-7+,23-8+. The molecule has 1 amide bonds. The molecule has 0 atom stereocenters. The monoisotopic (exact) mass is 644 g/mol. The summed E-state index contributed by atoms with van der Waals surface area (Å²) in [5.74, 6) is -0.431. The Kier molecular flexibility index (Phi) is 9.93. The second kappa shape index (κ2) is 13.5. The summed E-state index contributed by atoms with van der Waals surface area (Å²) in [5, 5.41) is 8.38. The van der Waals surface area contributed by atoms with Crippen molar-refractivity contribution < 1.29 is 40.5 Å². The van der Waals surface area contributed by atoms with Crippen molar-refractivity contribution in [3.63, 3.8) is 0 Å². The van der Waals surface area contributed by atoms with Crippen LogP contribution in [0.5, 0.6) is 0 Å². The lowest BCUT2D eigenvalue weighted by Gasteiger charge is -2.11. The molecule has 14 nitrogen and oxygen atoms in total. The highest BCUT2D eigenvalue weighted by Gasteiger charge is 2.29. The molecular weight excluding hydrogens is 616 g/mol. The van der Waals surface area contributed by atoms with E-state index in [-0.39, 0.29) is 28.6 Å². The van der Waals surface area contributed by atoms with Crippen LogP contribution in [0.2, 0.25) is 0 Å². The number of carbonyl (C=O) groups is 1. The van der Waals surface area contributed by atoms with Crippen molar-refractivity contribution >= 4 is 43.6 Å². The second-order valence-electron chi connectivity index (χ2n) is 9.09. The van der Waals surface area contributed by atoms with Crippen LogP contribution in [0.15, 0.2) is 98.1 Å². The van der Waals surface area contributed by atoms with Gasteiger partial charge in [-0.25, -0.2) is 14.5 Å². The summed E-state index contributed by atoms with van der Waals surface area (Å²) in [4.78, 5) is 35.7. The number of nitrogens with one attached hydrogen (secondary N) is 1. The number of allylic oxidation sites excluding steroid dienone is 4. The van der Waals surface area contributed by atoms with Crippen molar-refractivity contribution in [1.82, 2.24) is 9.78 Å². The molecule has 0 unspecified atom stereocenters. The highest BCUT2D eigenvalue weighted by molar-refractivity contribution is 7.86. The number of H-pyrrole nitrogens is 1. The van der Waals surface area contributed by atoms with E-state index in [1.165, 1.54) is 47.2 Å². The first kappa shape index (κ1) is 32.5. The predicted molar refractivity (Wildman–Crippen MR) is 160 cm³/mol. The van der Waals surface area contributed by atoms with Gasteiger partial charge in [0.1, 0.15) is 6.61 Å². The number of carbonyl (C=O) groups excluding carboxylic acids is 1. The Hall–Kier alpha value is -4.45. The topological polar surface area (TPSA) is 198 Å². The van der Waals surface area contributed by atoms with Gasteiger partial charge in [-0.2, -0.15) is 26.9 Å². The number of hydrogen-bond acceptors (Lipinski definition) is 9. The number of aromatic amines is 1. The first-order chi connectivity index (χ1) is 20.8. The molecular formula is C28H28N4O10S2. The molecule has 1 aliphatic heterocycles. The van der Waals surface area contributed by atoms with Gasteiger partial charge in [0.25, 0.3) is 31.7 Å². The van der Waals surface area contributed by atoms with Crippen molar-refractivity contribution in [2.45, 2.75) is 36.7 Å². The summed E-state index contributed by atoms with van der Waals surface area (Å²) in [6, 6.07) is 10.1. The molecule has 16 heteroatoms. The number of benzene rings is 2. The number of hydrazone groups is 1. The first-order valence-electron chi connectivity index (χ1n) is 13.1. The zero-order valence-corrected chi connectivity index (χ0v) is 25.1. The summed E-state index contributed by atoms with van der Waals surface area (Å²) in [6.07, 6.45) is 8.30. The molecule has 3 aromatic rings. The third-order valence-corrected chi connectivity index (χ3v) is 7.95. The van der Waals surface area contributed by atoms with Gasteiger partial charge in [-0.05, 0) is 74.0 Å². The van der Waals surface area contributed by atoms with E-state index < -0.39 is 31.7 Å². The molecule has 1 aromatic heterocycles. The Bertz CT molecular complexity index is 1940. The van der Waals surface area contributed by atoms with Crippen LogP contribution in [0.3, 0.4) is 0 Å². The fourth-order valence-corrected chi connectivity index (χ4v) is 5.06. The third kappa shape index (κ3) is 7.36. The molecule has 2 aromatic carbocycles. The van der Waals surface area contributed by atoms with Crippen LogP contribution in [-0.2, 0) is 41.4 Å². The zero-order valence-electron chi connectivity index (χ0n) is 23.4. The van der Waals surface area contributed by atoms with Gasteiger partial charge in [-0.1, -0.05) is 25.2 Å². The van der Waals surface area contributed by atoms with Gasteiger partial charge in [0.15, 0.2) is 0 Å². The minimum absolute atomic E-state index is 0.0987. The molecule has 0 bridgehead atoms. The fraction of sp³-hybridized carbons (Fsp3) is 0.179. The molecule has 0 saturated heterocycles. The quantitative estimate of drug-likeness (QED) is 0.0656. The number of hydrogen-bond donors (Lipinski definition) is 3. The van der Waals surface area contributed by atoms with E-state index in [1.807, 2.05) is 6.92 Å². The Morgan fingerprint density at radius 1 is 0.841 bits per heavy atom. The molecule has 0 aliphatic carbocycles. The number of nitrogens with zero attached hydrogens (tertiary/aromatic N) is 3. The second-order valence-corrected chi connectivity index (χ2v) is 11.9. The summed E-state index contributed by atoms with van der Waals surface area (Å²) in [6.45, 7) is 3.74. The number of amides is 1. The van der Waals surface area contributed by atoms with E-state index in [1.54, 1.807) is 31.2 Å². The largest absolute Gasteiger partial charge is 0.294 e. The smallest absolute Gasteiger partial charge is 0.292 e. The summed E-state index contributed by atoms with van der Waals surface area (Å²) < 4.78 is 64.9. The zero-order chi connectivity index (χ0) is 32.1. The van der Waals surface area contributed by atoms with Crippen LogP contribution in [-0.4, -0.2) is 53.9 Å². The molecule has 0 fully saturated rings. The molecule has 0 saturated carbocycles. The molecule has 3 N–H and O–H groups in total. The fourth-order valence-electron chi connectivity index (χ4n) is 4.10. The summed E-state index contributed by atoms with van der Waals surface area (Å²) >= 11 is 0. The van der Waals surface area contributed by atoms with E-state index in [9.17, 15) is 35.5 Å². The normalized spacial score (nSPS) is 15.3. The molecule has 232 valence electrons. The van der Waals surface area contributed by atoms with Crippen molar-refractivity contribution in [2.24, 2.45) is 5.10 Å². The van der Waals surface area contributed by atoms with Gasteiger partial charge in [0, 0.05) is 0 Å². The van der Waals surface area contributed by atoms with Gasteiger partial charge >= 0.3 is 0 Å². The minimum Gasteiger partial charge on any atom is -0.292 e. The van der Waals surface area contributed by atoms with E-state index >= 15 is 0 Å². The van der Waals surface area contributed by atoms with Crippen LogP contribution >= 0.6 is 0 Å². The van der Waals surface area contributed by atoms with Gasteiger partial charge in [-0.3, -0.25) is 23.8 Å². The van der Waals surface area contributed by atoms with Gasteiger partial charge in [0.2, 0.25) is 0 Å². The van der Waals surface area contributed by atoms with Crippen molar-refractivity contribution in [3.8, 4) is 5.69 Å². The lowest BCUT2D eigenvalue weighted by molar-refractivity contribution is -0.301. The van der Waals surface area contributed by atoms with Gasteiger partial charge < -0.3 is 0 Å². The highest BCUT2D eigenvalue weighted by Crippen LogP contribution is 2.26. The maximum atomic E-state index is 13.2.